The van der Waals surface area contributed by atoms with Gasteiger partial charge in [-0.2, -0.15) is 0 Å². The Morgan fingerprint density at radius 2 is 1.88 bits per heavy atom. The van der Waals surface area contributed by atoms with E-state index in [1.807, 2.05) is 67.3 Å². The van der Waals surface area contributed by atoms with Gasteiger partial charge >= 0.3 is 6.03 Å². The molecule has 0 bridgehead atoms. The Kier molecular flexibility index (Phi) is 7.04. The van der Waals surface area contributed by atoms with Crippen LogP contribution in [-0.4, -0.2) is 45.9 Å². The normalized spacial score (nSPS) is 15.1. The zero-order valence-corrected chi connectivity index (χ0v) is 19.8. The Balaban J connectivity index is 1.53. The highest BCUT2D eigenvalue weighted by Crippen LogP contribution is 2.32. The van der Waals surface area contributed by atoms with Crippen molar-refractivity contribution in [1.29, 1.82) is 0 Å². The molecule has 33 heavy (non-hydrogen) atoms. The second-order valence-electron chi connectivity index (χ2n) is 8.34. The molecule has 1 aliphatic heterocycles. The molecule has 1 N–H and O–H groups in total. The van der Waals surface area contributed by atoms with E-state index in [1.54, 1.807) is 11.0 Å². The number of urea groups is 1. The number of carbonyl (C=O) groups excluding carboxylic acids is 2. The first-order valence-electron chi connectivity index (χ1n) is 11.3. The number of nitrogens with one attached hydrogen (secondary N) is 1. The molecule has 2 heterocycles. The number of benzene rings is 2. The highest BCUT2D eigenvalue weighted by molar-refractivity contribution is 6.31. The minimum absolute atomic E-state index is 0.0172. The number of fused-ring (bicyclic) bond motifs is 1. The van der Waals surface area contributed by atoms with Crippen molar-refractivity contribution in [1.82, 2.24) is 14.4 Å². The van der Waals surface area contributed by atoms with E-state index in [-0.39, 0.29) is 24.5 Å². The van der Waals surface area contributed by atoms with Crippen molar-refractivity contribution in [3.05, 3.63) is 88.7 Å². The molecule has 2 aromatic carbocycles. The number of nitrogens with zero attached hydrogens (tertiary/aromatic N) is 3. The predicted octanol–water partition coefficient (Wildman–Crippen LogP) is 5.33. The molecule has 7 heteroatoms. The minimum atomic E-state index is -0.304. The lowest BCUT2D eigenvalue weighted by Crippen LogP contribution is -2.48. The summed E-state index contributed by atoms with van der Waals surface area (Å²) in [4.78, 5) is 30.0. The zero-order valence-electron chi connectivity index (χ0n) is 19.0. The minimum Gasteiger partial charge on any atom is -0.348 e. The number of amides is 3. The fourth-order valence-corrected chi connectivity index (χ4v) is 4.47. The van der Waals surface area contributed by atoms with Crippen LogP contribution in [-0.2, 0) is 11.3 Å². The lowest BCUT2D eigenvalue weighted by Gasteiger charge is -2.38. The van der Waals surface area contributed by atoms with Gasteiger partial charge in [0, 0.05) is 42.2 Å². The van der Waals surface area contributed by atoms with Gasteiger partial charge in [-0.3, -0.25) is 4.79 Å². The fraction of sp³-hybridized carbons (Fsp3) is 0.308. The molecule has 172 valence electrons. The topological polar surface area (TPSA) is 57.6 Å². The van der Waals surface area contributed by atoms with Gasteiger partial charge in [0.25, 0.3) is 0 Å². The summed E-state index contributed by atoms with van der Waals surface area (Å²) in [6.45, 7) is 5.73. The van der Waals surface area contributed by atoms with Crippen molar-refractivity contribution in [3.63, 3.8) is 0 Å². The Morgan fingerprint density at radius 1 is 1.09 bits per heavy atom. The van der Waals surface area contributed by atoms with Gasteiger partial charge in [-0.1, -0.05) is 54.9 Å². The van der Waals surface area contributed by atoms with Crippen LogP contribution in [0.15, 0.2) is 66.9 Å². The van der Waals surface area contributed by atoms with E-state index in [0.717, 1.165) is 29.8 Å². The molecule has 0 saturated heterocycles. The van der Waals surface area contributed by atoms with Crippen molar-refractivity contribution < 1.29 is 9.59 Å². The van der Waals surface area contributed by atoms with E-state index >= 15 is 0 Å². The summed E-state index contributed by atoms with van der Waals surface area (Å²) in [5, 5.41) is 3.48. The Labute approximate surface area is 199 Å². The van der Waals surface area contributed by atoms with E-state index in [2.05, 4.69) is 22.1 Å². The molecule has 6 nitrogen and oxygen atoms in total. The maximum absolute atomic E-state index is 13.5. The molecule has 4 rings (SSSR count). The van der Waals surface area contributed by atoms with Crippen LogP contribution in [0.5, 0.6) is 0 Å². The summed E-state index contributed by atoms with van der Waals surface area (Å²) in [5.41, 5.74) is 3.70. The summed E-state index contributed by atoms with van der Waals surface area (Å²) in [6.07, 6.45) is 2.80. The van der Waals surface area contributed by atoms with Crippen LogP contribution in [0.4, 0.5) is 10.5 Å². The molecule has 0 fully saturated rings. The highest BCUT2D eigenvalue weighted by Gasteiger charge is 2.33. The molecule has 1 aromatic heterocycles. The average molecular weight is 465 g/mol. The van der Waals surface area contributed by atoms with Gasteiger partial charge in [-0.25, -0.2) is 4.79 Å². The van der Waals surface area contributed by atoms with Crippen LogP contribution in [0.2, 0.25) is 5.02 Å². The first-order chi connectivity index (χ1) is 16.0. The molecule has 0 radical (unpaired) electrons. The number of hydrogen-bond donors (Lipinski definition) is 1. The Morgan fingerprint density at radius 3 is 2.61 bits per heavy atom. The van der Waals surface area contributed by atoms with Crippen LogP contribution in [0.3, 0.4) is 0 Å². The molecule has 1 aliphatic rings. The molecule has 1 atom stereocenters. The largest absolute Gasteiger partial charge is 0.348 e. The van der Waals surface area contributed by atoms with Crippen molar-refractivity contribution in [2.24, 2.45) is 0 Å². The lowest BCUT2D eigenvalue weighted by atomic mass is 10.00. The molecule has 3 amide bonds. The highest BCUT2D eigenvalue weighted by atomic mass is 35.5. The number of halogens is 1. The third kappa shape index (κ3) is 5.06. The maximum atomic E-state index is 13.5. The second-order valence-corrected chi connectivity index (χ2v) is 8.75. The van der Waals surface area contributed by atoms with Crippen LogP contribution in [0, 0.1) is 6.92 Å². The monoisotopic (exact) mass is 464 g/mol. The third-order valence-electron chi connectivity index (χ3n) is 6.00. The first kappa shape index (κ1) is 22.9. The summed E-state index contributed by atoms with van der Waals surface area (Å²) >= 11 is 6.20. The van der Waals surface area contributed by atoms with Crippen LogP contribution < -0.4 is 5.32 Å². The van der Waals surface area contributed by atoms with Gasteiger partial charge in [-0.05, 0) is 48.7 Å². The quantitative estimate of drug-likeness (QED) is 0.536. The summed E-state index contributed by atoms with van der Waals surface area (Å²) in [5.74, 6) is -0.0677. The Hall–Kier alpha value is -3.25. The summed E-state index contributed by atoms with van der Waals surface area (Å²) < 4.78 is 2.19. The van der Waals surface area contributed by atoms with Gasteiger partial charge in [0.05, 0.1) is 6.04 Å². The first-order valence-corrected chi connectivity index (χ1v) is 11.7. The molecule has 1 unspecified atom stereocenters. The van der Waals surface area contributed by atoms with Crippen molar-refractivity contribution in [2.75, 3.05) is 25.0 Å². The van der Waals surface area contributed by atoms with Crippen molar-refractivity contribution >= 4 is 29.2 Å². The van der Waals surface area contributed by atoms with Crippen LogP contribution in [0.25, 0.3) is 0 Å². The van der Waals surface area contributed by atoms with E-state index in [1.165, 1.54) is 0 Å². The summed E-state index contributed by atoms with van der Waals surface area (Å²) in [7, 11) is 0. The van der Waals surface area contributed by atoms with Crippen LogP contribution in [0.1, 0.15) is 36.2 Å². The number of anilines is 1. The van der Waals surface area contributed by atoms with Crippen molar-refractivity contribution in [3.8, 4) is 0 Å². The molecule has 0 spiro atoms. The SMILES string of the molecule is CCCN(CC(=O)N1CCn2cccc2C1c1ccccc1)C(=O)Nc1ccc(C)c(Cl)c1. The summed E-state index contributed by atoms with van der Waals surface area (Å²) in [6, 6.07) is 19.1. The maximum Gasteiger partial charge on any atom is 0.322 e. The number of aromatic nitrogens is 1. The van der Waals surface area contributed by atoms with Gasteiger partial charge in [0.2, 0.25) is 5.91 Å². The predicted molar refractivity (Wildman–Crippen MR) is 132 cm³/mol. The molecule has 3 aromatic rings. The molecular formula is C26H29ClN4O2. The van der Waals surface area contributed by atoms with E-state index < -0.39 is 0 Å². The van der Waals surface area contributed by atoms with Crippen LogP contribution >= 0.6 is 11.6 Å². The molecule has 0 saturated carbocycles. The number of aryl methyl sites for hydroxylation is 1. The van der Waals surface area contributed by atoms with E-state index in [4.69, 9.17) is 11.6 Å². The van der Waals surface area contributed by atoms with Gasteiger partial charge in [0.15, 0.2) is 0 Å². The van der Waals surface area contributed by atoms with Gasteiger partial charge in [-0.15, -0.1) is 0 Å². The molecular weight excluding hydrogens is 436 g/mol. The lowest BCUT2D eigenvalue weighted by molar-refractivity contribution is -0.134. The van der Waals surface area contributed by atoms with E-state index in [9.17, 15) is 9.59 Å². The van der Waals surface area contributed by atoms with Gasteiger partial charge < -0.3 is 19.7 Å². The third-order valence-corrected chi connectivity index (χ3v) is 6.41. The number of hydrogen-bond acceptors (Lipinski definition) is 2. The molecule has 0 aliphatic carbocycles. The second kappa shape index (κ2) is 10.1. The van der Waals surface area contributed by atoms with E-state index in [0.29, 0.717) is 23.8 Å². The van der Waals surface area contributed by atoms with Gasteiger partial charge in [0.1, 0.15) is 6.54 Å². The number of carbonyl (C=O) groups is 2. The Bertz CT molecular complexity index is 1130. The van der Waals surface area contributed by atoms with Crippen molar-refractivity contribution in [2.45, 2.75) is 32.9 Å². The standard InChI is InChI=1S/C26H29ClN4O2/c1-3-13-30(26(33)28-21-12-11-19(2)22(27)17-21)18-24(32)31-16-15-29-14-7-10-23(29)25(31)20-8-5-4-6-9-20/h4-12,14,17,25H,3,13,15-16,18H2,1-2H3,(H,28,33). The number of rotatable bonds is 6. The average Bonchev–Trinajstić information content (AvgIpc) is 3.30. The fourth-order valence-electron chi connectivity index (χ4n) is 4.29. The smallest absolute Gasteiger partial charge is 0.322 e. The zero-order chi connectivity index (χ0) is 23.4.